The lowest BCUT2D eigenvalue weighted by atomic mass is 10.1. The van der Waals surface area contributed by atoms with Gasteiger partial charge in [-0.3, -0.25) is 4.79 Å². The first-order chi connectivity index (χ1) is 14.6. The topological polar surface area (TPSA) is 66.0 Å². The number of benzene rings is 2. The van der Waals surface area contributed by atoms with Crippen molar-refractivity contribution in [1.82, 2.24) is 15.5 Å². The molecule has 0 bridgehead atoms. The number of aliphatic imine (C=N–C) groups is 1. The number of amides is 1. The summed E-state index contributed by atoms with van der Waals surface area (Å²) in [5, 5.41) is 6.62. The maximum absolute atomic E-state index is 11.9. The van der Waals surface area contributed by atoms with Gasteiger partial charge in [0.15, 0.2) is 5.96 Å². The predicted octanol–water partition coefficient (Wildman–Crippen LogP) is 3.02. The Balaban J connectivity index is 1.75. The summed E-state index contributed by atoms with van der Waals surface area (Å²) in [6.45, 7) is 4.29. The third-order valence-electron chi connectivity index (χ3n) is 4.67. The van der Waals surface area contributed by atoms with E-state index in [1.807, 2.05) is 36.4 Å². The van der Waals surface area contributed by atoms with Crippen LogP contribution < -0.4 is 10.6 Å². The molecule has 0 aliphatic heterocycles. The number of ether oxygens (including phenoxy) is 1. The molecule has 6 nitrogen and oxygen atoms in total. The maximum Gasteiger partial charge on any atom is 0.243 e. The van der Waals surface area contributed by atoms with Gasteiger partial charge in [-0.05, 0) is 30.9 Å². The van der Waals surface area contributed by atoms with Gasteiger partial charge in [-0.1, -0.05) is 60.7 Å². The van der Waals surface area contributed by atoms with Crippen LogP contribution in [0.3, 0.4) is 0 Å². The zero-order chi connectivity index (χ0) is 21.6. The Hall–Kier alpha value is -2.86. The van der Waals surface area contributed by atoms with E-state index < -0.39 is 0 Å². The Kier molecular flexibility index (Phi) is 10.4. The van der Waals surface area contributed by atoms with Gasteiger partial charge in [0, 0.05) is 33.8 Å². The fourth-order valence-electron chi connectivity index (χ4n) is 2.79. The summed E-state index contributed by atoms with van der Waals surface area (Å²) >= 11 is 0. The summed E-state index contributed by atoms with van der Waals surface area (Å²) in [5.41, 5.74) is 2.44. The predicted molar refractivity (Wildman–Crippen MR) is 123 cm³/mol. The van der Waals surface area contributed by atoms with Crippen molar-refractivity contribution in [2.45, 2.75) is 25.9 Å². The van der Waals surface area contributed by atoms with E-state index in [1.165, 1.54) is 11.1 Å². The van der Waals surface area contributed by atoms with Crippen LogP contribution in [0.2, 0.25) is 0 Å². The van der Waals surface area contributed by atoms with Gasteiger partial charge in [0.1, 0.15) is 6.54 Å². The fourth-order valence-corrected chi connectivity index (χ4v) is 2.79. The molecule has 0 saturated carbocycles. The van der Waals surface area contributed by atoms with E-state index in [1.54, 1.807) is 19.0 Å². The van der Waals surface area contributed by atoms with Crippen molar-refractivity contribution >= 4 is 11.9 Å². The lowest BCUT2D eigenvalue weighted by Crippen LogP contribution is -2.40. The first kappa shape index (κ1) is 23.4. The van der Waals surface area contributed by atoms with Crippen LogP contribution in [0.5, 0.6) is 0 Å². The second-order valence-electron chi connectivity index (χ2n) is 7.32. The largest absolute Gasteiger partial charge is 0.374 e. The van der Waals surface area contributed by atoms with Crippen LogP contribution in [0.1, 0.15) is 30.6 Å². The molecule has 0 aliphatic carbocycles. The van der Waals surface area contributed by atoms with E-state index in [9.17, 15) is 4.79 Å². The number of hydrogen-bond donors (Lipinski definition) is 2. The van der Waals surface area contributed by atoms with Crippen molar-refractivity contribution < 1.29 is 9.53 Å². The van der Waals surface area contributed by atoms with Gasteiger partial charge in [0.2, 0.25) is 5.91 Å². The summed E-state index contributed by atoms with van der Waals surface area (Å²) in [4.78, 5) is 17.8. The standard InChI is InChI=1S/C24H34N4O2/c1-20(22-13-8-5-9-14-22)30-18-10-16-25-24(27-19-23(29)28(2)3)26-17-15-21-11-6-4-7-12-21/h4-9,11-14,20H,10,15-19H2,1-3H3,(H2,25,26,27). The number of rotatable bonds is 11. The summed E-state index contributed by atoms with van der Waals surface area (Å²) < 4.78 is 5.92. The van der Waals surface area contributed by atoms with Crippen LogP contribution in [0.25, 0.3) is 0 Å². The summed E-state index contributed by atoms with van der Waals surface area (Å²) in [7, 11) is 3.47. The highest BCUT2D eigenvalue weighted by molar-refractivity contribution is 5.84. The molecule has 0 fully saturated rings. The van der Waals surface area contributed by atoms with Crippen LogP contribution in [0.15, 0.2) is 65.7 Å². The minimum atomic E-state index is -0.0285. The van der Waals surface area contributed by atoms with Gasteiger partial charge in [-0.2, -0.15) is 0 Å². The number of guanidine groups is 1. The monoisotopic (exact) mass is 410 g/mol. The Bertz CT molecular complexity index is 763. The van der Waals surface area contributed by atoms with Crippen LogP contribution in [0.4, 0.5) is 0 Å². The van der Waals surface area contributed by atoms with Crippen molar-refractivity contribution in [3.05, 3.63) is 71.8 Å². The highest BCUT2D eigenvalue weighted by Gasteiger charge is 2.06. The highest BCUT2D eigenvalue weighted by Crippen LogP contribution is 2.15. The Morgan fingerprint density at radius 3 is 2.30 bits per heavy atom. The van der Waals surface area contributed by atoms with E-state index >= 15 is 0 Å². The second kappa shape index (κ2) is 13.4. The summed E-state index contributed by atoms with van der Waals surface area (Å²) in [6, 6.07) is 20.5. The molecule has 2 aromatic rings. The molecule has 1 atom stereocenters. The summed E-state index contributed by atoms with van der Waals surface area (Å²) in [5.74, 6) is 0.622. The molecule has 6 heteroatoms. The number of nitrogens with zero attached hydrogens (tertiary/aromatic N) is 2. The minimum Gasteiger partial charge on any atom is -0.374 e. The molecular formula is C24H34N4O2. The van der Waals surface area contributed by atoms with Gasteiger partial charge in [-0.15, -0.1) is 0 Å². The lowest BCUT2D eigenvalue weighted by Gasteiger charge is -2.15. The van der Waals surface area contributed by atoms with Crippen LogP contribution >= 0.6 is 0 Å². The fraction of sp³-hybridized carbons (Fsp3) is 0.417. The Labute approximate surface area is 180 Å². The zero-order valence-corrected chi connectivity index (χ0v) is 18.3. The van der Waals surface area contributed by atoms with Crippen LogP contribution in [-0.4, -0.2) is 57.1 Å². The number of likely N-dealkylation sites (N-methyl/N-ethyl adjacent to an activating group) is 1. The van der Waals surface area contributed by atoms with Crippen LogP contribution in [-0.2, 0) is 16.0 Å². The van der Waals surface area contributed by atoms with Gasteiger partial charge in [0.25, 0.3) is 0 Å². The molecule has 162 valence electrons. The summed E-state index contributed by atoms with van der Waals surface area (Å²) in [6.07, 6.45) is 1.81. The molecular weight excluding hydrogens is 376 g/mol. The molecule has 0 radical (unpaired) electrons. The van der Waals surface area contributed by atoms with Gasteiger partial charge < -0.3 is 20.3 Å². The average molecular weight is 411 g/mol. The highest BCUT2D eigenvalue weighted by atomic mass is 16.5. The zero-order valence-electron chi connectivity index (χ0n) is 18.3. The Morgan fingerprint density at radius 2 is 1.63 bits per heavy atom. The van der Waals surface area contributed by atoms with Crippen molar-refractivity contribution in [2.75, 3.05) is 40.3 Å². The third kappa shape index (κ3) is 9.09. The number of hydrogen-bond acceptors (Lipinski definition) is 3. The molecule has 2 aromatic carbocycles. The van der Waals surface area contributed by atoms with Gasteiger partial charge in [-0.25, -0.2) is 4.99 Å². The normalized spacial score (nSPS) is 12.3. The molecule has 2 rings (SSSR count). The number of carbonyl (C=O) groups excluding carboxylic acids is 1. The van der Waals surface area contributed by atoms with Crippen molar-refractivity contribution in [3.63, 3.8) is 0 Å². The molecule has 0 heterocycles. The van der Waals surface area contributed by atoms with Crippen molar-refractivity contribution in [2.24, 2.45) is 4.99 Å². The number of carbonyl (C=O) groups is 1. The minimum absolute atomic E-state index is 0.0285. The first-order valence-corrected chi connectivity index (χ1v) is 10.5. The molecule has 0 spiro atoms. The van der Waals surface area contributed by atoms with E-state index in [4.69, 9.17) is 4.74 Å². The molecule has 0 aromatic heterocycles. The third-order valence-corrected chi connectivity index (χ3v) is 4.67. The molecule has 2 N–H and O–H groups in total. The van der Waals surface area contributed by atoms with Crippen LogP contribution in [0, 0.1) is 0 Å². The van der Waals surface area contributed by atoms with Gasteiger partial charge >= 0.3 is 0 Å². The van der Waals surface area contributed by atoms with Crippen molar-refractivity contribution in [1.29, 1.82) is 0 Å². The first-order valence-electron chi connectivity index (χ1n) is 10.5. The molecule has 0 aliphatic rings. The second-order valence-corrected chi connectivity index (χ2v) is 7.32. The Morgan fingerprint density at radius 1 is 1.00 bits per heavy atom. The van der Waals surface area contributed by atoms with Gasteiger partial charge in [0.05, 0.1) is 6.10 Å². The number of nitrogens with one attached hydrogen (secondary N) is 2. The average Bonchev–Trinajstić information content (AvgIpc) is 2.77. The SMILES string of the molecule is CC(OCCCNC(=NCC(=O)N(C)C)NCCc1ccccc1)c1ccccc1. The molecule has 0 saturated heterocycles. The smallest absolute Gasteiger partial charge is 0.243 e. The maximum atomic E-state index is 11.9. The molecule has 1 amide bonds. The van der Waals surface area contributed by atoms with E-state index in [0.29, 0.717) is 12.6 Å². The molecule has 30 heavy (non-hydrogen) atoms. The van der Waals surface area contributed by atoms with Crippen molar-refractivity contribution in [3.8, 4) is 0 Å². The molecule has 1 unspecified atom stereocenters. The lowest BCUT2D eigenvalue weighted by molar-refractivity contribution is -0.127. The van der Waals surface area contributed by atoms with E-state index in [0.717, 1.165) is 25.9 Å². The van der Waals surface area contributed by atoms with E-state index in [2.05, 4.69) is 46.8 Å². The quantitative estimate of drug-likeness (QED) is 0.340. The van der Waals surface area contributed by atoms with E-state index in [-0.39, 0.29) is 18.6 Å².